The molecule has 0 aliphatic heterocycles. The van der Waals surface area contributed by atoms with Gasteiger partial charge in [-0.15, -0.1) is 5.10 Å². The van der Waals surface area contributed by atoms with Gasteiger partial charge in [0.05, 0.1) is 6.20 Å². The molecule has 0 aromatic carbocycles. The topological polar surface area (TPSA) is 74.5 Å². The van der Waals surface area contributed by atoms with Gasteiger partial charge in [0.25, 0.3) is 0 Å². The van der Waals surface area contributed by atoms with E-state index in [1.165, 1.54) is 0 Å². The molecule has 0 fully saturated rings. The molecule has 0 spiro atoms. The molecule has 2 heterocycles. The van der Waals surface area contributed by atoms with E-state index in [0.717, 1.165) is 5.82 Å². The predicted octanol–water partition coefficient (Wildman–Crippen LogP) is 0.295. The van der Waals surface area contributed by atoms with Gasteiger partial charge >= 0.3 is 0 Å². The maximum absolute atomic E-state index is 5.83. The first-order chi connectivity index (χ1) is 6.66. The van der Waals surface area contributed by atoms with Gasteiger partial charge in [0.2, 0.25) is 5.95 Å². The zero-order valence-electron chi connectivity index (χ0n) is 7.55. The Balaban J connectivity index is 2.22. The van der Waals surface area contributed by atoms with Crippen LogP contribution in [-0.4, -0.2) is 24.3 Å². The molecule has 0 amide bonds. The van der Waals surface area contributed by atoms with Gasteiger partial charge < -0.3 is 10.3 Å². The van der Waals surface area contributed by atoms with Gasteiger partial charge in [0.1, 0.15) is 23.8 Å². The Hall–Kier alpha value is -1.56. The average molecular weight is 213 g/mol. The standard InChI is InChI=1S/C7H9ClN6/c1-13-5(8)2-10-6(13)3-14-4-11-7(9)12-14/h2,4H,3H2,1H3,(H2,9,12). The minimum atomic E-state index is 0.255. The minimum Gasteiger partial charge on any atom is -0.367 e. The average Bonchev–Trinajstić information content (AvgIpc) is 2.67. The summed E-state index contributed by atoms with van der Waals surface area (Å²) in [6.07, 6.45) is 3.15. The van der Waals surface area contributed by atoms with Crippen LogP contribution in [0.15, 0.2) is 12.5 Å². The molecule has 0 unspecified atom stereocenters. The summed E-state index contributed by atoms with van der Waals surface area (Å²) < 4.78 is 3.38. The van der Waals surface area contributed by atoms with Crippen LogP contribution in [0.5, 0.6) is 0 Å². The van der Waals surface area contributed by atoms with Crippen LogP contribution >= 0.6 is 11.6 Å². The van der Waals surface area contributed by atoms with E-state index in [1.54, 1.807) is 21.8 Å². The van der Waals surface area contributed by atoms with E-state index in [0.29, 0.717) is 11.7 Å². The van der Waals surface area contributed by atoms with Crippen molar-refractivity contribution < 1.29 is 0 Å². The molecule has 0 bridgehead atoms. The van der Waals surface area contributed by atoms with E-state index in [2.05, 4.69) is 15.1 Å². The highest BCUT2D eigenvalue weighted by molar-refractivity contribution is 6.29. The second kappa shape index (κ2) is 3.30. The fourth-order valence-corrected chi connectivity index (χ4v) is 1.25. The van der Waals surface area contributed by atoms with E-state index in [4.69, 9.17) is 17.3 Å². The van der Waals surface area contributed by atoms with Gasteiger partial charge in [-0.25, -0.2) is 14.6 Å². The minimum absolute atomic E-state index is 0.255. The van der Waals surface area contributed by atoms with Gasteiger partial charge in [0.15, 0.2) is 0 Å². The molecule has 0 radical (unpaired) electrons. The number of nitrogen functional groups attached to an aromatic ring is 1. The Morgan fingerprint density at radius 3 is 2.79 bits per heavy atom. The molecule has 2 aromatic rings. The molecule has 0 saturated heterocycles. The number of nitrogens with two attached hydrogens (primary N) is 1. The van der Waals surface area contributed by atoms with E-state index in [-0.39, 0.29) is 5.95 Å². The van der Waals surface area contributed by atoms with Crippen LogP contribution in [-0.2, 0) is 13.6 Å². The molecule has 0 aliphatic rings. The lowest BCUT2D eigenvalue weighted by Crippen LogP contribution is -2.06. The lowest BCUT2D eigenvalue weighted by atomic mass is 10.6. The third kappa shape index (κ3) is 1.56. The summed E-state index contributed by atoms with van der Waals surface area (Å²) in [6, 6.07) is 0. The summed E-state index contributed by atoms with van der Waals surface area (Å²) in [7, 11) is 1.84. The lowest BCUT2D eigenvalue weighted by molar-refractivity contribution is 0.632. The normalized spacial score (nSPS) is 10.7. The molecule has 0 saturated carbocycles. The van der Waals surface area contributed by atoms with Crippen molar-refractivity contribution in [1.82, 2.24) is 24.3 Å². The molecule has 6 nitrogen and oxygen atoms in total. The first kappa shape index (κ1) is 9.01. The molecule has 2 aromatic heterocycles. The van der Waals surface area contributed by atoms with Crippen molar-refractivity contribution in [3.05, 3.63) is 23.5 Å². The van der Waals surface area contributed by atoms with Crippen molar-refractivity contribution in [3.8, 4) is 0 Å². The molecule has 0 aliphatic carbocycles. The van der Waals surface area contributed by atoms with Crippen LogP contribution in [0.25, 0.3) is 0 Å². The highest BCUT2D eigenvalue weighted by atomic mass is 35.5. The molecule has 14 heavy (non-hydrogen) atoms. The van der Waals surface area contributed by atoms with Crippen LogP contribution < -0.4 is 5.73 Å². The molecule has 2 rings (SSSR count). The SMILES string of the molecule is Cn1c(Cl)cnc1Cn1cnc(N)n1. The number of anilines is 1. The Bertz CT molecular complexity index is 445. The second-order valence-electron chi connectivity index (χ2n) is 2.86. The van der Waals surface area contributed by atoms with E-state index < -0.39 is 0 Å². The largest absolute Gasteiger partial charge is 0.367 e. The summed E-state index contributed by atoms with van der Waals surface area (Å²) in [5.74, 6) is 1.06. The number of aromatic nitrogens is 5. The van der Waals surface area contributed by atoms with Crippen LogP contribution in [0.2, 0.25) is 5.15 Å². The highest BCUT2D eigenvalue weighted by Crippen LogP contribution is 2.09. The smallest absolute Gasteiger partial charge is 0.239 e. The van der Waals surface area contributed by atoms with Crippen LogP contribution in [0.3, 0.4) is 0 Å². The Labute approximate surface area is 85.3 Å². The zero-order chi connectivity index (χ0) is 10.1. The predicted molar refractivity (Wildman–Crippen MR) is 51.8 cm³/mol. The quantitative estimate of drug-likeness (QED) is 0.777. The molecule has 74 valence electrons. The summed E-state index contributed by atoms with van der Waals surface area (Å²) in [5, 5.41) is 4.53. The second-order valence-corrected chi connectivity index (χ2v) is 3.24. The summed E-state index contributed by atoms with van der Waals surface area (Å²) in [5.41, 5.74) is 5.38. The first-order valence-electron chi connectivity index (χ1n) is 3.98. The highest BCUT2D eigenvalue weighted by Gasteiger charge is 2.05. The van der Waals surface area contributed by atoms with E-state index >= 15 is 0 Å². The number of imidazole rings is 1. The Kier molecular flexibility index (Phi) is 2.12. The van der Waals surface area contributed by atoms with Crippen LogP contribution in [0.1, 0.15) is 5.82 Å². The molecule has 7 heteroatoms. The van der Waals surface area contributed by atoms with Crippen molar-refractivity contribution >= 4 is 17.5 Å². The van der Waals surface area contributed by atoms with Crippen molar-refractivity contribution in [2.75, 3.05) is 5.73 Å². The maximum atomic E-state index is 5.83. The zero-order valence-corrected chi connectivity index (χ0v) is 8.31. The van der Waals surface area contributed by atoms with Crippen LogP contribution in [0, 0.1) is 0 Å². The number of halogens is 1. The fourth-order valence-electron chi connectivity index (χ4n) is 1.10. The first-order valence-corrected chi connectivity index (χ1v) is 4.35. The molecule has 0 atom stereocenters. The van der Waals surface area contributed by atoms with Crippen molar-refractivity contribution in [2.45, 2.75) is 6.54 Å². The van der Waals surface area contributed by atoms with Gasteiger partial charge in [-0.05, 0) is 0 Å². The molecule has 2 N–H and O–H groups in total. The number of rotatable bonds is 2. The third-order valence-electron chi connectivity index (χ3n) is 1.89. The fraction of sp³-hybridized carbons (Fsp3) is 0.286. The summed E-state index contributed by atoms with van der Waals surface area (Å²) >= 11 is 5.83. The maximum Gasteiger partial charge on any atom is 0.239 e. The monoisotopic (exact) mass is 212 g/mol. The van der Waals surface area contributed by atoms with Gasteiger partial charge in [0, 0.05) is 7.05 Å². The lowest BCUT2D eigenvalue weighted by Gasteiger charge is -2.01. The van der Waals surface area contributed by atoms with Gasteiger partial charge in [-0.1, -0.05) is 11.6 Å². The Morgan fingerprint density at radius 1 is 1.50 bits per heavy atom. The molecular weight excluding hydrogens is 204 g/mol. The third-order valence-corrected chi connectivity index (χ3v) is 2.24. The van der Waals surface area contributed by atoms with Crippen LogP contribution in [0.4, 0.5) is 5.95 Å². The Morgan fingerprint density at radius 2 is 2.29 bits per heavy atom. The summed E-state index contributed by atoms with van der Waals surface area (Å²) in [6.45, 7) is 0.507. The van der Waals surface area contributed by atoms with Crippen molar-refractivity contribution in [1.29, 1.82) is 0 Å². The van der Waals surface area contributed by atoms with Gasteiger partial charge in [-0.3, -0.25) is 0 Å². The van der Waals surface area contributed by atoms with E-state index in [1.807, 2.05) is 7.05 Å². The summed E-state index contributed by atoms with van der Waals surface area (Å²) in [4.78, 5) is 7.93. The number of hydrogen-bond donors (Lipinski definition) is 1. The van der Waals surface area contributed by atoms with Crippen molar-refractivity contribution in [3.63, 3.8) is 0 Å². The van der Waals surface area contributed by atoms with E-state index in [9.17, 15) is 0 Å². The van der Waals surface area contributed by atoms with Gasteiger partial charge in [-0.2, -0.15) is 0 Å². The number of hydrogen-bond acceptors (Lipinski definition) is 4. The molecular formula is C7H9ClN6. The van der Waals surface area contributed by atoms with Crippen molar-refractivity contribution in [2.24, 2.45) is 7.05 Å². The number of nitrogens with zero attached hydrogens (tertiary/aromatic N) is 5.